The number of carbonyl (C=O) groups excluding carboxylic acids is 1. The van der Waals surface area contributed by atoms with E-state index in [4.69, 9.17) is 4.98 Å². The second-order valence-electron chi connectivity index (χ2n) is 9.64. The molecule has 0 bridgehead atoms. The molecule has 0 saturated carbocycles. The predicted molar refractivity (Wildman–Crippen MR) is 135 cm³/mol. The van der Waals surface area contributed by atoms with Gasteiger partial charge in [0.05, 0.1) is 0 Å². The molecule has 1 aromatic carbocycles. The Morgan fingerprint density at radius 2 is 1.83 bits per heavy atom. The van der Waals surface area contributed by atoms with Crippen molar-refractivity contribution in [3.63, 3.8) is 0 Å². The Kier molecular flexibility index (Phi) is 7.04. The number of piperidine rings is 1. The molecule has 5 rings (SSSR count). The molecule has 1 atom stereocenters. The highest BCUT2D eigenvalue weighted by atomic mass is 19.1. The van der Waals surface area contributed by atoms with Crippen LogP contribution in [-0.2, 0) is 6.42 Å². The van der Waals surface area contributed by atoms with E-state index in [0.717, 1.165) is 68.3 Å². The lowest BCUT2D eigenvalue weighted by Gasteiger charge is -2.34. The van der Waals surface area contributed by atoms with E-state index in [1.807, 2.05) is 29.2 Å². The molecule has 0 spiro atoms. The van der Waals surface area contributed by atoms with E-state index in [1.165, 1.54) is 12.1 Å². The second-order valence-corrected chi connectivity index (χ2v) is 9.64. The van der Waals surface area contributed by atoms with Crippen molar-refractivity contribution in [2.45, 2.75) is 25.2 Å². The number of amides is 1. The Hall–Kier alpha value is -3.32. The third kappa shape index (κ3) is 5.68. The Labute approximate surface area is 206 Å². The standard InChI is InChI=1S/C28H32FN5O/c1-32-14-16-33(17-15-32)27-19-22(11-12-30-27)28(35)34-13-3-4-23(20-34)26-6-2-5-25(31-26)18-21-7-9-24(29)10-8-21/h2,5-12,19,23H,3-4,13-18,20H2,1H3/t23-/m1/s1. The minimum atomic E-state index is -0.229. The van der Waals surface area contributed by atoms with Crippen LogP contribution in [0.1, 0.15) is 46.1 Å². The van der Waals surface area contributed by atoms with E-state index in [-0.39, 0.29) is 17.6 Å². The Morgan fingerprint density at radius 3 is 2.63 bits per heavy atom. The maximum absolute atomic E-state index is 13.4. The van der Waals surface area contributed by atoms with Gasteiger partial charge in [-0.2, -0.15) is 0 Å². The summed E-state index contributed by atoms with van der Waals surface area (Å²) in [5.41, 5.74) is 3.72. The molecule has 2 aliphatic rings. The summed E-state index contributed by atoms with van der Waals surface area (Å²) in [5, 5.41) is 0. The van der Waals surface area contributed by atoms with Crippen LogP contribution in [0.15, 0.2) is 60.8 Å². The molecule has 6 nitrogen and oxygen atoms in total. The third-order valence-corrected chi connectivity index (χ3v) is 7.07. The normalized spacial score (nSPS) is 19.1. The average Bonchev–Trinajstić information content (AvgIpc) is 2.90. The van der Waals surface area contributed by atoms with Gasteiger partial charge in [0.15, 0.2) is 0 Å². The number of pyridine rings is 2. The molecule has 35 heavy (non-hydrogen) atoms. The molecule has 1 amide bonds. The fraction of sp³-hybridized carbons (Fsp3) is 0.393. The minimum Gasteiger partial charge on any atom is -0.354 e. The summed E-state index contributed by atoms with van der Waals surface area (Å²) in [6.07, 6.45) is 4.38. The van der Waals surface area contributed by atoms with Crippen LogP contribution in [0.5, 0.6) is 0 Å². The van der Waals surface area contributed by atoms with Gasteiger partial charge >= 0.3 is 0 Å². The zero-order chi connectivity index (χ0) is 24.2. The summed E-state index contributed by atoms with van der Waals surface area (Å²) >= 11 is 0. The summed E-state index contributed by atoms with van der Waals surface area (Å²) in [4.78, 5) is 29.4. The van der Waals surface area contributed by atoms with E-state index in [0.29, 0.717) is 18.5 Å². The Morgan fingerprint density at radius 1 is 1.03 bits per heavy atom. The van der Waals surface area contributed by atoms with E-state index in [2.05, 4.69) is 27.9 Å². The van der Waals surface area contributed by atoms with Crippen LogP contribution in [0.3, 0.4) is 0 Å². The molecule has 4 heterocycles. The molecule has 0 unspecified atom stereocenters. The van der Waals surface area contributed by atoms with Gasteiger partial charge in [-0.15, -0.1) is 0 Å². The number of anilines is 1. The average molecular weight is 474 g/mol. The summed E-state index contributed by atoms with van der Waals surface area (Å²) in [6.45, 7) is 5.27. The van der Waals surface area contributed by atoms with Crippen molar-refractivity contribution in [3.8, 4) is 0 Å². The number of hydrogen-bond donors (Lipinski definition) is 0. The Balaban J connectivity index is 1.26. The molecule has 3 aromatic rings. The van der Waals surface area contributed by atoms with Crippen molar-refractivity contribution in [3.05, 3.63) is 89.1 Å². The SMILES string of the molecule is CN1CCN(c2cc(C(=O)N3CCC[C@@H](c4cccc(Cc5ccc(F)cc5)n4)C3)ccn2)CC1. The largest absolute Gasteiger partial charge is 0.354 e. The molecular formula is C28H32FN5O. The van der Waals surface area contributed by atoms with Crippen molar-refractivity contribution in [1.29, 1.82) is 0 Å². The molecule has 2 fully saturated rings. The van der Waals surface area contributed by atoms with Crippen LogP contribution in [0.4, 0.5) is 10.2 Å². The van der Waals surface area contributed by atoms with E-state index < -0.39 is 0 Å². The van der Waals surface area contributed by atoms with Gasteiger partial charge in [-0.3, -0.25) is 9.78 Å². The molecule has 2 aliphatic heterocycles. The Bertz CT molecular complexity index is 1160. The smallest absolute Gasteiger partial charge is 0.254 e. The number of benzene rings is 1. The number of piperazine rings is 1. The van der Waals surface area contributed by atoms with Crippen molar-refractivity contribution < 1.29 is 9.18 Å². The number of nitrogens with zero attached hydrogens (tertiary/aromatic N) is 5. The number of carbonyl (C=O) groups is 1. The lowest BCUT2D eigenvalue weighted by Crippen LogP contribution is -2.45. The van der Waals surface area contributed by atoms with Crippen molar-refractivity contribution in [2.75, 3.05) is 51.2 Å². The molecule has 2 aromatic heterocycles. The lowest BCUT2D eigenvalue weighted by molar-refractivity contribution is 0.0705. The summed E-state index contributed by atoms with van der Waals surface area (Å²) < 4.78 is 13.2. The first-order valence-corrected chi connectivity index (χ1v) is 12.4. The number of likely N-dealkylation sites (N-methyl/N-ethyl adjacent to an activating group) is 1. The van der Waals surface area contributed by atoms with E-state index in [9.17, 15) is 9.18 Å². The second kappa shape index (κ2) is 10.5. The van der Waals surface area contributed by atoms with Crippen molar-refractivity contribution in [1.82, 2.24) is 19.8 Å². The first kappa shape index (κ1) is 23.4. The van der Waals surface area contributed by atoms with Gasteiger partial charge in [-0.1, -0.05) is 18.2 Å². The van der Waals surface area contributed by atoms with Crippen LogP contribution in [0, 0.1) is 5.82 Å². The lowest BCUT2D eigenvalue weighted by atomic mass is 9.93. The highest BCUT2D eigenvalue weighted by Crippen LogP contribution is 2.27. The highest BCUT2D eigenvalue weighted by Gasteiger charge is 2.27. The van der Waals surface area contributed by atoms with Gasteiger partial charge in [0.2, 0.25) is 0 Å². The van der Waals surface area contributed by atoms with Gasteiger partial charge in [0.25, 0.3) is 5.91 Å². The third-order valence-electron chi connectivity index (χ3n) is 7.07. The molecule has 0 N–H and O–H groups in total. The van der Waals surface area contributed by atoms with Crippen LogP contribution < -0.4 is 4.90 Å². The van der Waals surface area contributed by atoms with Crippen LogP contribution in [-0.4, -0.2) is 72.0 Å². The van der Waals surface area contributed by atoms with Gasteiger partial charge in [0.1, 0.15) is 11.6 Å². The van der Waals surface area contributed by atoms with E-state index >= 15 is 0 Å². The maximum atomic E-state index is 13.4. The topological polar surface area (TPSA) is 52.6 Å². The number of aromatic nitrogens is 2. The maximum Gasteiger partial charge on any atom is 0.254 e. The van der Waals surface area contributed by atoms with Gasteiger partial charge in [-0.25, -0.2) is 9.37 Å². The monoisotopic (exact) mass is 473 g/mol. The number of halogens is 1. The minimum absolute atomic E-state index is 0.0648. The van der Waals surface area contributed by atoms with Crippen LogP contribution in [0.2, 0.25) is 0 Å². The number of rotatable bonds is 5. The summed E-state index contributed by atoms with van der Waals surface area (Å²) in [5.74, 6) is 0.926. The van der Waals surface area contributed by atoms with Gasteiger partial charge < -0.3 is 14.7 Å². The summed E-state index contributed by atoms with van der Waals surface area (Å²) in [7, 11) is 2.13. The molecule has 0 aliphatic carbocycles. The first-order valence-electron chi connectivity index (χ1n) is 12.4. The molecule has 0 radical (unpaired) electrons. The molecule has 7 heteroatoms. The highest BCUT2D eigenvalue weighted by molar-refractivity contribution is 5.95. The van der Waals surface area contributed by atoms with Crippen LogP contribution >= 0.6 is 0 Å². The zero-order valence-corrected chi connectivity index (χ0v) is 20.2. The molecule has 2 saturated heterocycles. The van der Waals surface area contributed by atoms with Crippen molar-refractivity contribution >= 4 is 11.7 Å². The fourth-order valence-electron chi connectivity index (χ4n) is 4.98. The van der Waals surface area contributed by atoms with Crippen LogP contribution in [0.25, 0.3) is 0 Å². The van der Waals surface area contributed by atoms with Gasteiger partial charge in [-0.05, 0) is 61.9 Å². The number of likely N-dealkylation sites (tertiary alicyclic amines) is 1. The quantitative estimate of drug-likeness (QED) is 0.561. The predicted octanol–water partition coefficient (Wildman–Crippen LogP) is 3.98. The fourth-order valence-corrected chi connectivity index (χ4v) is 4.98. The molecular weight excluding hydrogens is 441 g/mol. The summed E-state index contributed by atoms with van der Waals surface area (Å²) in [6, 6.07) is 16.4. The van der Waals surface area contributed by atoms with Gasteiger partial charge in [0, 0.05) is 74.8 Å². The zero-order valence-electron chi connectivity index (χ0n) is 20.2. The van der Waals surface area contributed by atoms with Crippen molar-refractivity contribution in [2.24, 2.45) is 0 Å². The molecule has 182 valence electrons. The van der Waals surface area contributed by atoms with E-state index in [1.54, 1.807) is 18.3 Å². The first-order chi connectivity index (χ1) is 17.0. The number of hydrogen-bond acceptors (Lipinski definition) is 5.